The van der Waals surface area contributed by atoms with Crippen LogP contribution in [0.3, 0.4) is 0 Å². The maximum Gasteiger partial charge on any atom is 0.175 e. The lowest BCUT2D eigenvalue weighted by Gasteiger charge is -2.24. The van der Waals surface area contributed by atoms with Crippen LogP contribution in [0.1, 0.15) is 30.5 Å². The van der Waals surface area contributed by atoms with E-state index in [4.69, 9.17) is 0 Å². The normalized spacial score (nSPS) is 12.9. The van der Waals surface area contributed by atoms with E-state index in [0.29, 0.717) is 5.56 Å². The highest BCUT2D eigenvalue weighted by Gasteiger charge is 2.33. The lowest BCUT2D eigenvalue weighted by molar-refractivity contribution is 0.561. The summed E-state index contributed by atoms with van der Waals surface area (Å²) in [6.07, 6.45) is 8.06. The van der Waals surface area contributed by atoms with E-state index < -0.39 is 24.4 Å². The third kappa shape index (κ3) is 5.21. The van der Waals surface area contributed by atoms with Crippen LogP contribution in [0.15, 0.2) is 83.9 Å². The van der Waals surface area contributed by atoms with Crippen molar-refractivity contribution in [3.63, 3.8) is 0 Å². The molecule has 0 spiro atoms. The zero-order valence-corrected chi connectivity index (χ0v) is 21.7. The smallest absolute Gasteiger partial charge is 0.175 e. The molecule has 1 heterocycles. The Bertz CT molecular complexity index is 1650. The molecule has 0 bridgehead atoms. The molecule has 0 aliphatic heterocycles. The Hall–Kier alpha value is -3.29. The Kier molecular flexibility index (Phi) is 6.42. The number of rotatable bonds is 6. The van der Waals surface area contributed by atoms with Crippen molar-refractivity contribution in [3.8, 4) is 11.1 Å². The molecule has 4 rings (SSSR count). The van der Waals surface area contributed by atoms with Crippen LogP contribution in [-0.2, 0) is 24.4 Å². The minimum atomic E-state index is -3.35. The van der Waals surface area contributed by atoms with Gasteiger partial charge >= 0.3 is 0 Å². The Morgan fingerprint density at radius 3 is 2.11 bits per heavy atom. The van der Waals surface area contributed by atoms with Gasteiger partial charge in [0.2, 0.25) is 0 Å². The lowest BCUT2D eigenvalue weighted by atomic mass is 9.93. The average molecular weight is 506 g/mol. The van der Waals surface area contributed by atoms with Crippen LogP contribution >= 0.6 is 0 Å². The zero-order chi connectivity index (χ0) is 25.4. The molecule has 0 saturated carbocycles. The fourth-order valence-electron chi connectivity index (χ4n) is 3.80. The molecular weight excluding hydrogens is 478 g/mol. The van der Waals surface area contributed by atoms with E-state index in [1.165, 1.54) is 12.5 Å². The summed E-state index contributed by atoms with van der Waals surface area (Å²) in [7, 11) is -6.58. The van der Waals surface area contributed by atoms with Gasteiger partial charge in [0.15, 0.2) is 19.7 Å². The first-order chi connectivity index (χ1) is 16.4. The van der Waals surface area contributed by atoms with Crippen molar-refractivity contribution in [3.05, 3.63) is 95.7 Å². The molecule has 0 aliphatic carbocycles. The van der Waals surface area contributed by atoms with Crippen molar-refractivity contribution in [2.75, 3.05) is 12.5 Å². The van der Waals surface area contributed by atoms with Crippen LogP contribution in [-0.4, -0.2) is 34.3 Å². The largest absolute Gasteiger partial charge is 0.256 e. The molecule has 0 amide bonds. The summed E-state index contributed by atoms with van der Waals surface area (Å²) in [6.45, 7) is 3.44. The maximum atomic E-state index is 12.5. The van der Waals surface area contributed by atoms with Gasteiger partial charge in [-0.05, 0) is 72.5 Å². The highest BCUT2D eigenvalue weighted by atomic mass is 32.2. The summed E-state index contributed by atoms with van der Waals surface area (Å²) in [5.41, 5.74) is 5.14. The number of sulfone groups is 2. The van der Waals surface area contributed by atoms with Gasteiger partial charge in [-0.2, -0.15) is 0 Å². The van der Waals surface area contributed by atoms with Gasteiger partial charge in [-0.15, -0.1) is 0 Å². The van der Waals surface area contributed by atoms with Crippen LogP contribution < -0.4 is 0 Å². The Balaban J connectivity index is 1.77. The van der Waals surface area contributed by atoms with Crippen molar-refractivity contribution in [1.82, 2.24) is 4.98 Å². The van der Waals surface area contributed by atoms with Crippen molar-refractivity contribution >= 4 is 42.7 Å². The van der Waals surface area contributed by atoms with Crippen molar-refractivity contribution in [1.29, 1.82) is 0 Å². The Morgan fingerprint density at radius 2 is 1.46 bits per heavy atom. The molecule has 3 aromatic carbocycles. The summed E-state index contributed by atoms with van der Waals surface area (Å²) < 4.78 is 47.4. The lowest BCUT2D eigenvalue weighted by Crippen LogP contribution is -2.28. The average Bonchev–Trinajstić information content (AvgIpc) is 2.81. The van der Waals surface area contributed by atoms with Gasteiger partial charge in [0, 0.05) is 29.7 Å². The molecule has 0 radical (unpaired) electrons. The van der Waals surface area contributed by atoms with E-state index >= 15 is 0 Å². The second kappa shape index (κ2) is 9.06. The van der Waals surface area contributed by atoms with Crippen LogP contribution in [0.4, 0.5) is 0 Å². The fraction of sp³-hybridized carbons (Fsp3) is 0.179. The van der Waals surface area contributed by atoms with E-state index in [1.807, 2.05) is 60.7 Å². The SMILES string of the molecule is CC(C)(c1cc(-c2cccc(/C=C/c3ccc(S(C)(=O)=O)cc3)c2)c2ncccc2c1)S(C)(=O)=O. The number of hydrogen-bond donors (Lipinski definition) is 0. The zero-order valence-electron chi connectivity index (χ0n) is 20.1. The van der Waals surface area contributed by atoms with Crippen LogP contribution in [0.25, 0.3) is 34.2 Å². The summed E-state index contributed by atoms with van der Waals surface area (Å²) >= 11 is 0. The molecule has 0 N–H and O–H groups in total. The third-order valence-corrected chi connectivity index (χ3v) is 9.52. The molecule has 4 aromatic rings. The molecule has 0 unspecified atom stereocenters. The summed E-state index contributed by atoms with van der Waals surface area (Å²) in [4.78, 5) is 4.86. The van der Waals surface area contributed by atoms with E-state index in [0.717, 1.165) is 33.2 Å². The van der Waals surface area contributed by atoms with Crippen molar-refractivity contribution in [2.45, 2.75) is 23.5 Å². The van der Waals surface area contributed by atoms with Gasteiger partial charge in [0.1, 0.15) is 0 Å². The van der Waals surface area contributed by atoms with Crippen molar-refractivity contribution in [2.24, 2.45) is 0 Å². The first-order valence-electron chi connectivity index (χ1n) is 11.0. The summed E-state index contributed by atoms with van der Waals surface area (Å²) in [6, 6.07) is 22.3. The quantitative estimate of drug-likeness (QED) is 0.312. The summed E-state index contributed by atoms with van der Waals surface area (Å²) in [5, 5.41) is 0.878. The molecule has 0 fully saturated rings. The number of hydrogen-bond acceptors (Lipinski definition) is 5. The highest BCUT2D eigenvalue weighted by molar-refractivity contribution is 7.91. The van der Waals surface area contributed by atoms with Crippen LogP contribution in [0.2, 0.25) is 0 Å². The van der Waals surface area contributed by atoms with Gasteiger partial charge in [0.05, 0.1) is 15.2 Å². The first kappa shape index (κ1) is 24.8. The number of benzene rings is 3. The van der Waals surface area contributed by atoms with Crippen LogP contribution in [0.5, 0.6) is 0 Å². The van der Waals surface area contributed by atoms with E-state index in [-0.39, 0.29) is 4.90 Å². The highest BCUT2D eigenvalue weighted by Crippen LogP contribution is 2.36. The first-order valence-corrected chi connectivity index (χ1v) is 14.8. The van der Waals surface area contributed by atoms with Gasteiger partial charge in [-0.25, -0.2) is 16.8 Å². The number of pyridine rings is 1. The third-order valence-electron chi connectivity index (χ3n) is 6.30. The minimum Gasteiger partial charge on any atom is -0.256 e. The topological polar surface area (TPSA) is 81.2 Å². The van der Waals surface area contributed by atoms with E-state index in [2.05, 4.69) is 4.98 Å². The standard InChI is InChI=1S/C28H27NO4S2/c1-28(2,35(4,32)33)24-18-23-9-6-16-29-27(23)26(19-24)22-8-5-7-21(17-22)11-10-20-12-14-25(15-13-20)34(3,30)31/h5-19H,1-4H3/b11-10+. The summed E-state index contributed by atoms with van der Waals surface area (Å²) in [5.74, 6) is 0. The van der Waals surface area contributed by atoms with Crippen LogP contribution in [0, 0.1) is 0 Å². The molecule has 0 atom stereocenters. The molecule has 7 heteroatoms. The number of nitrogens with zero attached hydrogens (tertiary/aromatic N) is 1. The number of fused-ring (bicyclic) bond motifs is 1. The molecule has 0 saturated heterocycles. The van der Waals surface area contributed by atoms with E-state index in [9.17, 15) is 16.8 Å². The Morgan fingerprint density at radius 1 is 0.771 bits per heavy atom. The second-order valence-corrected chi connectivity index (χ2v) is 13.8. The fourth-order valence-corrected chi connectivity index (χ4v) is 4.98. The molecular formula is C28H27NO4S2. The minimum absolute atomic E-state index is 0.285. The predicted molar refractivity (Wildman–Crippen MR) is 144 cm³/mol. The molecule has 180 valence electrons. The monoisotopic (exact) mass is 505 g/mol. The predicted octanol–water partition coefficient (Wildman–Crippen LogP) is 5.76. The van der Waals surface area contributed by atoms with Crippen molar-refractivity contribution < 1.29 is 16.8 Å². The Labute approximate surface area is 207 Å². The van der Waals surface area contributed by atoms with Gasteiger partial charge in [-0.1, -0.05) is 48.6 Å². The second-order valence-electron chi connectivity index (χ2n) is 9.18. The number of aromatic nitrogens is 1. The van der Waals surface area contributed by atoms with Gasteiger partial charge < -0.3 is 0 Å². The van der Waals surface area contributed by atoms with Gasteiger partial charge in [-0.3, -0.25) is 4.98 Å². The van der Waals surface area contributed by atoms with E-state index in [1.54, 1.807) is 44.3 Å². The van der Waals surface area contributed by atoms with Gasteiger partial charge in [0.25, 0.3) is 0 Å². The molecule has 5 nitrogen and oxygen atoms in total. The molecule has 35 heavy (non-hydrogen) atoms. The maximum absolute atomic E-state index is 12.5. The molecule has 1 aromatic heterocycles. The molecule has 0 aliphatic rings.